The van der Waals surface area contributed by atoms with Gasteiger partial charge in [-0.3, -0.25) is 14.6 Å². The van der Waals surface area contributed by atoms with Gasteiger partial charge in [0.2, 0.25) is 0 Å². The van der Waals surface area contributed by atoms with Gasteiger partial charge in [-0.2, -0.15) is 0 Å². The molecule has 0 saturated carbocycles. The number of likely N-dealkylation sites (tertiary alicyclic amines) is 1. The summed E-state index contributed by atoms with van der Waals surface area (Å²) in [6.07, 6.45) is 0. The molecule has 3 aromatic rings. The van der Waals surface area contributed by atoms with Crippen molar-refractivity contribution in [2.45, 2.75) is 19.1 Å². The van der Waals surface area contributed by atoms with Crippen molar-refractivity contribution in [3.05, 3.63) is 89.5 Å². The van der Waals surface area contributed by atoms with E-state index in [2.05, 4.69) is 41.4 Å². The second-order valence-corrected chi connectivity index (χ2v) is 8.17. The van der Waals surface area contributed by atoms with E-state index in [0.29, 0.717) is 5.56 Å². The zero-order chi connectivity index (χ0) is 20.7. The Bertz CT molecular complexity index is 1090. The maximum absolute atomic E-state index is 13.5. The molecule has 1 fully saturated rings. The number of benzene rings is 3. The molecule has 2 aliphatic rings. The Labute approximate surface area is 176 Å². The van der Waals surface area contributed by atoms with Gasteiger partial charge in [0, 0.05) is 31.0 Å². The first-order chi connectivity index (χ1) is 14.6. The van der Waals surface area contributed by atoms with Gasteiger partial charge in [0.25, 0.3) is 5.91 Å². The summed E-state index contributed by atoms with van der Waals surface area (Å²) in [5.41, 5.74) is 4.59. The van der Waals surface area contributed by atoms with Gasteiger partial charge >= 0.3 is 0 Å². The molecule has 30 heavy (non-hydrogen) atoms. The van der Waals surface area contributed by atoms with Crippen LogP contribution >= 0.6 is 0 Å². The van der Waals surface area contributed by atoms with Crippen LogP contribution < -0.4 is 15.0 Å². The highest BCUT2D eigenvalue weighted by atomic mass is 16.5. The molecule has 1 saturated heterocycles. The minimum Gasteiger partial charge on any atom is -0.497 e. The standard InChI is InChI=1S/C25H25N3O2/c1-18-6-5-7-19(14-18)15-27-16-25(17-27)26-23-9-4-3-8-22(23)24(29)28(25)20-10-12-21(30-2)13-11-20/h3-14,26H,15-17H2,1-2H3. The number of hydrogen-bond donors (Lipinski definition) is 1. The lowest BCUT2D eigenvalue weighted by Gasteiger charge is -2.58. The number of fused-ring (bicyclic) bond motifs is 1. The lowest BCUT2D eigenvalue weighted by Crippen LogP contribution is -2.76. The molecule has 1 amide bonds. The van der Waals surface area contributed by atoms with Crippen molar-refractivity contribution in [2.24, 2.45) is 0 Å². The van der Waals surface area contributed by atoms with E-state index in [0.717, 1.165) is 36.8 Å². The van der Waals surface area contributed by atoms with Crippen molar-refractivity contribution in [3.63, 3.8) is 0 Å². The van der Waals surface area contributed by atoms with E-state index in [1.807, 2.05) is 53.4 Å². The minimum atomic E-state index is -0.455. The molecule has 1 spiro atoms. The number of anilines is 2. The van der Waals surface area contributed by atoms with Crippen molar-refractivity contribution in [2.75, 3.05) is 30.4 Å². The summed E-state index contributed by atoms with van der Waals surface area (Å²) in [5.74, 6) is 0.810. The van der Waals surface area contributed by atoms with E-state index in [-0.39, 0.29) is 5.91 Å². The Morgan fingerprint density at radius 1 is 1.00 bits per heavy atom. The van der Waals surface area contributed by atoms with Crippen molar-refractivity contribution >= 4 is 17.3 Å². The Morgan fingerprint density at radius 3 is 2.50 bits per heavy atom. The SMILES string of the molecule is COc1ccc(N2C(=O)c3ccccc3NC23CN(Cc2cccc(C)c2)C3)cc1. The molecule has 0 unspecified atom stereocenters. The van der Waals surface area contributed by atoms with E-state index < -0.39 is 5.66 Å². The lowest BCUT2D eigenvalue weighted by atomic mass is 9.90. The number of hydrogen-bond acceptors (Lipinski definition) is 4. The maximum atomic E-state index is 13.5. The van der Waals surface area contributed by atoms with Gasteiger partial charge in [-0.25, -0.2) is 0 Å². The van der Waals surface area contributed by atoms with Crippen LogP contribution in [0.5, 0.6) is 5.75 Å². The number of rotatable bonds is 4. The second kappa shape index (κ2) is 7.18. The van der Waals surface area contributed by atoms with E-state index in [1.165, 1.54) is 11.1 Å². The number of methoxy groups -OCH3 is 1. The van der Waals surface area contributed by atoms with Gasteiger partial charge in [0.05, 0.1) is 12.7 Å². The summed E-state index contributed by atoms with van der Waals surface area (Å²) in [5, 5.41) is 3.68. The van der Waals surface area contributed by atoms with Gasteiger partial charge in [0.1, 0.15) is 11.4 Å². The van der Waals surface area contributed by atoms with Crippen LogP contribution in [0, 0.1) is 6.92 Å². The van der Waals surface area contributed by atoms with Crippen LogP contribution in [0.3, 0.4) is 0 Å². The van der Waals surface area contributed by atoms with E-state index in [4.69, 9.17) is 4.74 Å². The number of para-hydroxylation sites is 1. The average Bonchev–Trinajstić information content (AvgIpc) is 2.73. The van der Waals surface area contributed by atoms with Crippen LogP contribution in [-0.4, -0.2) is 36.7 Å². The zero-order valence-electron chi connectivity index (χ0n) is 17.3. The van der Waals surface area contributed by atoms with E-state index >= 15 is 0 Å². The third-order valence-corrected chi connectivity index (χ3v) is 5.95. The topological polar surface area (TPSA) is 44.8 Å². The van der Waals surface area contributed by atoms with Crippen molar-refractivity contribution in [1.82, 2.24) is 4.90 Å². The summed E-state index contributed by atoms with van der Waals surface area (Å²) in [4.78, 5) is 17.8. The van der Waals surface area contributed by atoms with Crippen molar-refractivity contribution < 1.29 is 9.53 Å². The number of ether oxygens (including phenoxy) is 1. The molecule has 0 radical (unpaired) electrons. The molecule has 1 N–H and O–H groups in total. The third kappa shape index (κ3) is 3.12. The lowest BCUT2D eigenvalue weighted by molar-refractivity contribution is 0.0609. The predicted octanol–water partition coefficient (Wildman–Crippen LogP) is 4.29. The Balaban J connectivity index is 1.46. The quantitative estimate of drug-likeness (QED) is 0.711. The Hall–Kier alpha value is -3.31. The van der Waals surface area contributed by atoms with Crippen LogP contribution in [-0.2, 0) is 6.54 Å². The maximum Gasteiger partial charge on any atom is 0.262 e. The Kier molecular flexibility index (Phi) is 4.48. The fraction of sp³-hybridized carbons (Fsp3) is 0.240. The molecule has 152 valence electrons. The second-order valence-electron chi connectivity index (χ2n) is 8.17. The molecular formula is C25H25N3O2. The summed E-state index contributed by atoms with van der Waals surface area (Å²) in [7, 11) is 1.65. The Morgan fingerprint density at radius 2 is 1.77 bits per heavy atom. The molecule has 0 aromatic heterocycles. The molecular weight excluding hydrogens is 374 g/mol. The molecule has 0 bridgehead atoms. The van der Waals surface area contributed by atoms with Crippen LogP contribution in [0.4, 0.5) is 11.4 Å². The summed E-state index contributed by atoms with van der Waals surface area (Å²) in [6, 6.07) is 24.1. The van der Waals surface area contributed by atoms with Gasteiger partial charge in [0.15, 0.2) is 0 Å². The molecule has 5 heteroatoms. The van der Waals surface area contributed by atoms with Gasteiger partial charge < -0.3 is 10.1 Å². The molecule has 2 aliphatic heterocycles. The van der Waals surface area contributed by atoms with Gasteiger partial charge in [-0.05, 0) is 48.9 Å². The molecule has 2 heterocycles. The van der Waals surface area contributed by atoms with Crippen molar-refractivity contribution in [1.29, 1.82) is 0 Å². The smallest absolute Gasteiger partial charge is 0.262 e. The molecule has 5 nitrogen and oxygen atoms in total. The van der Waals surface area contributed by atoms with Crippen LogP contribution in [0.15, 0.2) is 72.8 Å². The number of amides is 1. The molecule has 3 aromatic carbocycles. The fourth-order valence-corrected chi connectivity index (χ4v) is 4.59. The fourth-order valence-electron chi connectivity index (χ4n) is 4.59. The third-order valence-electron chi connectivity index (χ3n) is 5.95. The van der Waals surface area contributed by atoms with E-state index in [9.17, 15) is 4.79 Å². The minimum absolute atomic E-state index is 0.0322. The monoisotopic (exact) mass is 399 g/mol. The first-order valence-electron chi connectivity index (χ1n) is 10.2. The van der Waals surface area contributed by atoms with Crippen molar-refractivity contribution in [3.8, 4) is 5.75 Å². The predicted molar refractivity (Wildman–Crippen MR) is 119 cm³/mol. The summed E-state index contributed by atoms with van der Waals surface area (Å²) >= 11 is 0. The summed E-state index contributed by atoms with van der Waals surface area (Å²) < 4.78 is 5.30. The van der Waals surface area contributed by atoms with Crippen LogP contribution in [0.2, 0.25) is 0 Å². The van der Waals surface area contributed by atoms with Crippen LogP contribution in [0.25, 0.3) is 0 Å². The first-order valence-corrected chi connectivity index (χ1v) is 10.2. The van der Waals surface area contributed by atoms with Gasteiger partial charge in [-0.1, -0.05) is 42.0 Å². The largest absolute Gasteiger partial charge is 0.497 e. The number of nitrogens with one attached hydrogen (secondary N) is 1. The molecule has 0 atom stereocenters. The zero-order valence-corrected chi connectivity index (χ0v) is 17.3. The average molecular weight is 399 g/mol. The normalized spacial score (nSPS) is 17.3. The number of carbonyl (C=O) groups is 1. The number of carbonyl (C=O) groups excluding carboxylic acids is 1. The summed E-state index contributed by atoms with van der Waals surface area (Å²) in [6.45, 7) is 4.50. The van der Waals surface area contributed by atoms with E-state index in [1.54, 1.807) is 7.11 Å². The number of aryl methyl sites for hydroxylation is 1. The number of nitrogens with zero attached hydrogens (tertiary/aromatic N) is 2. The molecule has 5 rings (SSSR count). The first kappa shape index (κ1) is 18.7. The van der Waals surface area contributed by atoms with Gasteiger partial charge in [-0.15, -0.1) is 0 Å². The highest BCUT2D eigenvalue weighted by Crippen LogP contribution is 2.40. The highest BCUT2D eigenvalue weighted by Gasteiger charge is 2.53. The highest BCUT2D eigenvalue weighted by molar-refractivity contribution is 6.13. The van der Waals surface area contributed by atoms with Crippen LogP contribution in [0.1, 0.15) is 21.5 Å². The molecule has 0 aliphatic carbocycles.